The molecule has 96 valence electrons. The van der Waals surface area contributed by atoms with E-state index in [1.165, 1.54) is 15.4 Å². The predicted molar refractivity (Wildman–Crippen MR) is 85.2 cm³/mol. The first-order valence-corrected chi connectivity index (χ1v) is 7.66. The molecule has 0 radical (unpaired) electrons. The molecule has 0 N–H and O–H groups in total. The number of hydrogen-bond acceptors (Lipinski definition) is 1. The molecule has 0 saturated heterocycles. The van der Waals surface area contributed by atoms with Gasteiger partial charge in [-0.15, -0.1) is 0 Å². The molecule has 2 aromatic rings. The highest BCUT2D eigenvalue weighted by Gasteiger charge is 2.18. The van der Waals surface area contributed by atoms with Gasteiger partial charge in [0.2, 0.25) is 0 Å². The Kier molecular flexibility index (Phi) is 3.62. The minimum absolute atomic E-state index is 0.418. The smallest absolute Gasteiger partial charge is 0.0598 e. The van der Waals surface area contributed by atoms with E-state index in [4.69, 9.17) is 23.2 Å². The molecule has 1 aliphatic rings. The molecule has 0 fully saturated rings. The topological polar surface area (TPSA) is 0 Å². The molecule has 1 atom stereocenters. The van der Waals surface area contributed by atoms with E-state index in [-0.39, 0.29) is 0 Å². The zero-order chi connectivity index (χ0) is 13.4. The molecule has 0 aliphatic carbocycles. The van der Waals surface area contributed by atoms with Crippen LogP contribution in [0, 0.1) is 0 Å². The van der Waals surface area contributed by atoms with Gasteiger partial charge in [-0.05, 0) is 29.3 Å². The fourth-order valence-corrected chi connectivity index (χ4v) is 3.79. The molecular formula is C16H12Cl2S. The van der Waals surface area contributed by atoms with Gasteiger partial charge in [0.1, 0.15) is 0 Å². The molecule has 3 heteroatoms. The highest BCUT2D eigenvalue weighted by atomic mass is 35.5. The van der Waals surface area contributed by atoms with Crippen LogP contribution >= 0.6 is 35.0 Å². The molecular weight excluding hydrogens is 295 g/mol. The van der Waals surface area contributed by atoms with Crippen LogP contribution in [0.4, 0.5) is 0 Å². The normalized spacial score (nSPS) is 17.8. The molecule has 0 spiro atoms. The number of benzene rings is 2. The average molecular weight is 307 g/mol. The van der Waals surface area contributed by atoms with E-state index in [1.807, 2.05) is 18.2 Å². The fourth-order valence-electron chi connectivity index (χ4n) is 2.22. The third-order valence-electron chi connectivity index (χ3n) is 3.23. The molecule has 2 aromatic carbocycles. The Balaban J connectivity index is 2.02. The van der Waals surface area contributed by atoms with E-state index in [1.54, 1.807) is 11.8 Å². The maximum absolute atomic E-state index is 6.10. The zero-order valence-corrected chi connectivity index (χ0v) is 12.7. The van der Waals surface area contributed by atoms with Gasteiger partial charge in [-0.2, -0.15) is 0 Å². The second-order valence-corrected chi connectivity index (χ2v) is 6.49. The molecule has 19 heavy (non-hydrogen) atoms. The Morgan fingerprint density at radius 1 is 1.00 bits per heavy atom. The van der Waals surface area contributed by atoms with E-state index >= 15 is 0 Å². The first kappa shape index (κ1) is 13.1. The van der Waals surface area contributed by atoms with Gasteiger partial charge in [0.05, 0.1) is 10.0 Å². The second-order valence-electron chi connectivity index (χ2n) is 4.59. The average Bonchev–Trinajstić information content (AvgIpc) is 2.42. The molecule has 0 amide bonds. The van der Waals surface area contributed by atoms with Crippen LogP contribution in [0.25, 0.3) is 4.91 Å². The number of rotatable bonds is 1. The van der Waals surface area contributed by atoms with Crippen molar-refractivity contribution in [2.75, 3.05) is 0 Å². The number of hydrogen-bond donors (Lipinski definition) is 0. The van der Waals surface area contributed by atoms with Gasteiger partial charge in [0.15, 0.2) is 0 Å². The zero-order valence-electron chi connectivity index (χ0n) is 10.4. The quantitative estimate of drug-likeness (QED) is 0.600. The van der Waals surface area contributed by atoms with Gasteiger partial charge in [0, 0.05) is 15.7 Å². The van der Waals surface area contributed by atoms with Crippen LogP contribution in [0.1, 0.15) is 24.0 Å². The predicted octanol–water partition coefficient (Wildman–Crippen LogP) is 6.24. The third-order valence-corrected chi connectivity index (χ3v) is 5.16. The van der Waals surface area contributed by atoms with Crippen molar-refractivity contribution < 1.29 is 0 Å². The highest BCUT2D eigenvalue weighted by molar-refractivity contribution is 8.08. The minimum atomic E-state index is 0.418. The van der Waals surface area contributed by atoms with Crippen molar-refractivity contribution >= 4 is 39.9 Å². The summed E-state index contributed by atoms with van der Waals surface area (Å²) in [5.41, 5.74) is 2.51. The molecule has 1 unspecified atom stereocenters. The van der Waals surface area contributed by atoms with Crippen molar-refractivity contribution in [1.82, 2.24) is 0 Å². The summed E-state index contributed by atoms with van der Waals surface area (Å²) < 4.78 is 0. The summed E-state index contributed by atoms with van der Waals surface area (Å²) in [6.45, 7) is 2.22. The van der Waals surface area contributed by atoms with Crippen LogP contribution in [-0.2, 0) is 0 Å². The summed E-state index contributed by atoms with van der Waals surface area (Å²) in [4.78, 5) is 2.56. The summed E-state index contributed by atoms with van der Waals surface area (Å²) in [5.74, 6) is 0.418. The van der Waals surface area contributed by atoms with Gasteiger partial charge in [0.25, 0.3) is 0 Å². The van der Waals surface area contributed by atoms with E-state index in [0.29, 0.717) is 16.0 Å². The number of thioether (sulfide) groups is 1. The lowest BCUT2D eigenvalue weighted by molar-refractivity contribution is 0.933. The Labute approximate surface area is 127 Å². The van der Waals surface area contributed by atoms with E-state index < -0.39 is 0 Å². The number of allylic oxidation sites excluding steroid dienone is 1. The lowest BCUT2D eigenvalue weighted by Gasteiger charge is -2.21. The summed E-state index contributed by atoms with van der Waals surface area (Å²) >= 11 is 13.9. The van der Waals surface area contributed by atoms with Gasteiger partial charge >= 0.3 is 0 Å². The van der Waals surface area contributed by atoms with Gasteiger partial charge in [-0.3, -0.25) is 0 Å². The van der Waals surface area contributed by atoms with Crippen molar-refractivity contribution in [1.29, 1.82) is 0 Å². The van der Waals surface area contributed by atoms with Crippen LogP contribution in [0.3, 0.4) is 0 Å². The summed E-state index contributed by atoms with van der Waals surface area (Å²) in [5, 5.41) is 1.20. The fraction of sp³-hybridized carbons (Fsp3) is 0.125. The van der Waals surface area contributed by atoms with Crippen molar-refractivity contribution in [3.05, 3.63) is 69.7 Å². The van der Waals surface area contributed by atoms with Crippen molar-refractivity contribution in [3.63, 3.8) is 0 Å². The van der Waals surface area contributed by atoms with Crippen molar-refractivity contribution in [3.8, 4) is 0 Å². The SMILES string of the molecule is CC1C=C(c2ccc(Cl)c(Cl)c2)Sc2ccccc21. The van der Waals surface area contributed by atoms with Gasteiger partial charge in [-0.1, -0.05) is 72.2 Å². The van der Waals surface area contributed by atoms with Gasteiger partial charge < -0.3 is 0 Å². The third kappa shape index (κ3) is 2.55. The van der Waals surface area contributed by atoms with Crippen LogP contribution in [-0.4, -0.2) is 0 Å². The maximum Gasteiger partial charge on any atom is 0.0598 e. The van der Waals surface area contributed by atoms with E-state index in [0.717, 1.165) is 5.56 Å². The summed E-state index contributed by atoms with van der Waals surface area (Å²) in [6.07, 6.45) is 2.28. The molecule has 0 bridgehead atoms. The summed E-state index contributed by atoms with van der Waals surface area (Å²) in [7, 11) is 0. The molecule has 1 heterocycles. The highest BCUT2D eigenvalue weighted by Crippen LogP contribution is 2.45. The lowest BCUT2D eigenvalue weighted by Crippen LogP contribution is -1.98. The molecule has 3 rings (SSSR count). The van der Waals surface area contributed by atoms with Crippen LogP contribution in [0.15, 0.2) is 53.4 Å². The largest absolute Gasteiger partial charge is 0.0895 e. The van der Waals surface area contributed by atoms with Crippen LogP contribution in [0.2, 0.25) is 10.0 Å². The van der Waals surface area contributed by atoms with Gasteiger partial charge in [-0.25, -0.2) is 0 Å². The minimum Gasteiger partial charge on any atom is -0.0895 e. The molecule has 0 aromatic heterocycles. The Morgan fingerprint density at radius 3 is 2.58 bits per heavy atom. The second kappa shape index (κ2) is 5.24. The first-order valence-electron chi connectivity index (χ1n) is 6.09. The lowest BCUT2D eigenvalue weighted by atomic mass is 9.99. The molecule has 0 nitrogen and oxygen atoms in total. The van der Waals surface area contributed by atoms with Crippen molar-refractivity contribution in [2.24, 2.45) is 0 Å². The van der Waals surface area contributed by atoms with Crippen LogP contribution < -0.4 is 0 Å². The van der Waals surface area contributed by atoms with E-state index in [9.17, 15) is 0 Å². The Bertz CT molecular complexity index is 662. The standard InChI is InChI=1S/C16H12Cl2S/c1-10-8-16(11-6-7-13(17)14(18)9-11)19-15-5-3-2-4-12(10)15/h2-10H,1H3. The molecule has 1 aliphatic heterocycles. The Hall–Kier alpha value is -0.890. The number of fused-ring (bicyclic) bond motifs is 1. The molecule has 0 saturated carbocycles. The number of halogens is 2. The maximum atomic E-state index is 6.10. The van der Waals surface area contributed by atoms with Crippen LogP contribution in [0.5, 0.6) is 0 Å². The first-order chi connectivity index (χ1) is 9.15. The monoisotopic (exact) mass is 306 g/mol. The van der Waals surface area contributed by atoms with E-state index in [2.05, 4.69) is 37.3 Å². The summed E-state index contributed by atoms with van der Waals surface area (Å²) in [6, 6.07) is 14.3. The van der Waals surface area contributed by atoms with Crippen molar-refractivity contribution in [2.45, 2.75) is 17.7 Å². The Morgan fingerprint density at radius 2 is 1.79 bits per heavy atom.